The molecule has 1 fully saturated rings. The van der Waals surface area contributed by atoms with Crippen molar-refractivity contribution in [2.24, 2.45) is 5.92 Å². The van der Waals surface area contributed by atoms with Crippen molar-refractivity contribution in [2.45, 2.75) is 19.3 Å². The summed E-state index contributed by atoms with van der Waals surface area (Å²) in [5, 5.41) is 8.80. The van der Waals surface area contributed by atoms with Crippen LogP contribution >= 0.6 is 0 Å². The Bertz CT molecular complexity index is 366. The van der Waals surface area contributed by atoms with Crippen LogP contribution in [-0.4, -0.2) is 24.5 Å². The first kappa shape index (κ1) is 11.2. The second-order valence-corrected chi connectivity index (χ2v) is 4.69. The van der Waals surface area contributed by atoms with Crippen molar-refractivity contribution in [3.05, 3.63) is 35.9 Å². The molecule has 0 aromatic heterocycles. The van der Waals surface area contributed by atoms with Crippen molar-refractivity contribution < 1.29 is 0 Å². The monoisotopic (exact) mass is 214 g/mol. The zero-order valence-corrected chi connectivity index (χ0v) is 9.76. The molecule has 1 heterocycles. The van der Waals surface area contributed by atoms with E-state index in [1.165, 1.54) is 12.0 Å². The first-order valence-electron chi connectivity index (χ1n) is 5.96. The Kier molecular flexibility index (Phi) is 3.58. The van der Waals surface area contributed by atoms with Gasteiger partial charge in [-0.25, -0.2) is 0 Å². The van der Waals surface area contributed by atoms with Crippen LogP contribution in [0.1, 0.15) is 24.8 Å². The van der Waals surface area contributed by atoms with Gasteiger partial charge in [0.05, 0.1) is 12.0 Å². The predicted molar refractivity (Wildman–Crippen MR) is 65.0 cm³/mol. The quantitative estimate of drug-likeness (QED) is 0.773. The fraction of sp³-hybridized carbons (Fsp3) is 0.500. The maximum Gasteiger partial charge on any atom is 0.0666 e. The smallest absolute Gasteiger partial charge is 0.0666 e. The molecular formula is C14H18N2. The minimum absolute atomic E-state index is 0.148. The molecule has 16 heavy (non-hydrogen) atoms. The Morgan fingerprint density at radius 1 is 1.44 bits per heavy atom. The van der Waals surface area contributed by atoms with Gasteiger partial charge >= 0.3 is 0 Å². The molecule has 2 nitrogen and oxygen atoms in total. The fourth-order valence-electron chi connectivity index (χ4n) is 2.42. The summed E-state index contributed by atoms with van der Waals surface area (Å²) in [6, 6.07) is 13.0. The van der Waals surface area contributed by atoms with Gasteiger partial charge in [0.25, 0.3) is 0 Å². The molecule has 0 spiro atoms. The van der Waals surface area contributed by atoms with Crippen molar-refractivity contribution in [1.29, 1.82) is 5.26 Å². The summed E-state index contributed by atoms with van der Waals surface area (Å²) in [5.74, 6) is 0.807. The van der Waals surface area contributed by atoms with E-state index in [1.807, 2.05) is 6.92 Å². The van der Waals surface area contributed by atoms with Crippen LogP contribution in [0.4, 0.5) is 0 Å². The van der Waals surface area contributed by atoms with Crippen LogP contribution in [0.15, 0.2) is 30.3 Å². The van der Waals surface area contributed by atoms with Gasteiger partial charge in [-0.15, -0.1) is 0 Å². The molecule has 84 valence electrons. The van der Waals surface area contributed by atoms with Crippen LogP contribution in [0.2, 0.25) is 0 Å². The molecule has 0 saturated carbocycles. The van der Waals surface area contributed by atoms with E-state index in [2.05, 4.69) is 41.3 Å². The van der Waals surface area contributed by atoms with Crippen molar-refractivity contribution >= 4 is 0 Å². The van der Waals surface area contributed by atoms with E-state index in [-0.39, 0.29) is 5.92 Å². The van der Waals surface area contributed by atoms with E-state index in [9.17, 15) is 0 Å². The third-order valence-electron chi connectivity index (χ3n) is 3.30. The molecule has 0 radical (unpaired) electrons. The predicted octanol–water partition coefficient (Wildman–Crippen LogP) is 2.64. The van der Waals surface area contributed by atoms with Crippen LogP contribution in [0.5, 0.6) is 0 Å². The Morgan fingerprint density at radius 3 is 2.88 bits per heavy atom. The number of nitrogens with zero attached hydrogens (tertiary/aromatic N) is 2. The zero-order chi connectivity index (χ0) is 11.4. The molecule has 1 aliphatic rings. The summed E-state index contributed by atoms with van der Waals surface area (Å²) in [6.45, 7) is 5.15. The highest BCUT2D eigenvalue weighted by Gasteiger charge is 2.24. The van der Waals surface area contributed by atoms with Crippen LogP contribution in [0, 0.1) is 17.2 Å². The van der Waals surface area contributed by atoms with Gasteiger partial charge in [0.15, 0.2) is 0 Å². The molecule has 2 heteroatoms. The highest BCUT2D eigenvalue weighted by atomic mass is 15.1. The minimum Gasteiger partial charge on any atom is -0.301 e. The highest BCUT2D eigenvalue weighted by Crippen LogP contribution is 2.27. The molecule has 0 amide bonds. The Balaban J connectivity index is 1.92. The van der Waals surface area contributed by atoms with E-state index in [1.54, 1.807) is 0 Å². The van der Waals surface area contributed by atoms with Crippen LogP contribution in [-0.2, 0) is 0 Å². The molecule has 0 bridgehead atoms. The van der Waals surface area contributed by atoms with E-state index >= 15 is 0 Å². The largest absolute Gasteiger partial charge is 0.301 e. The summed E-state index contributed by atoms with van der Waals surface area (Å²) >= 11 is 0. The SMILES string of the molecule is CC(C#N)CN1CCC(c2ccccc2)C1. The number of likely N-dealkylation sites (tertiary alicyclic amines) is 1. The van der Waals surface area contributed by atoms with Crippen molar-refractivity contribution in [2.75, 3.05) is 19.6 Å². The van der Waals surface area contributed by atoms with Crippen molar-refractivity contribution in [3.63, 3.8) is 0 Å². The standard InChI is InChI=1S/C14H18N2/c1-12(9-15)10-16-8-7-14(11-16)13-5-3-2-4-6-13/h2-6,12,14H,7-8,10-11H2,1H3. The molecule has 1 saturated heterocycles. The Morgan fingerprint density at radius 2 is 2.19 bits per heavy atom. The molecule has 2 rings (SSSR count). The molecule has 2 unspecified atom stereocenters. The Labute approximate surface area is 97.5 Å². The number of hydrogen-bond donors (Lipinski definition) is 0. The number of hydrogen-bond acceptors (Lipinski definition) is 2. The average molecular weight is 214 g/mol. The lowest BCUT2D eigenvalue weighted by atomic mass is 9.99. The van der Waals surface area contributed by atoms with Gasteiger partial charge in [-0.05, 0) is 31.4 Å². The van der Waals surface area contributed by atoms with Gasteiger partial charge < -0.3 is 4.90 Å². The minimum atomic E-state index is 0.148. The van der Waals surface area contributed by atoms with Gasteiger partial charge in [0.1, 0.15) is 0 Å². The summed E-state index contributed by atoms with van der Waals surface area (Å²) in [7, 11) is 0. The molecule has 1 aromatic carbocycles. The van der Waals surface area contributed by atoms with E-state index < -0.39 is 0 Å². The zero-order valence-electron chi connectivity index (χ0n) is 9.76. The van der Waals surface area contributed by atoms with E-state index in [0.29, 0.717) is 5.92 Å². The molecule has 1 aliphatic heterocycles. The summed E-state index contributed by atoms with van der Waals surface area (Å²) in [4.78, 5) is 2.41. The molecule has 0 N–H and O–H groups in total. The second kappa shape index (κ2) is 5.14. The summed E-state index contributed by atoms with van der Waals surface area (Å²) in [6.07, 6.45) is 1.22. The fourth-order valence-corrected chi connectivity index (χ4v) is 2.42. The highest BCUT2D eigenvalue weighted by molar-refractivity contribution is 5.21. The maximum absolute atomic E-state index is 8.80. The summed E-state index contributed by atoms with van der Waals surface area (Å²) in [5.41, 5.74) is 1.44. The third-order valence-corrected chi connectivity index (χ3v) is 3.30. The van der Waals surface area contributed by atoms with Gasteiger partial charge in [-0.1, -0.05) is 30.3 Å². The number of nitriles is 1. The lowest BCUT2D eigenvalue weighted by Gasteiger charge is -2.17. The van der Waals surface area contributed by atoms with Crippen LogP contribution < -0.4 is 0 Å². The normalized spacial score (nSPS) is 22.9. The van der Waals surface area contributed by atoms with Gasteiger partial charge in [0, 0.05) is 13.1 Å². The van der Waals surface area contributed by atoms with E-state index in [4.69, 9.17) is 5.26 Å². The third kappa shape index (κ3) is 2.62. The lowest BCUT2D eigenvalue weighted by molar-refractivity contribution is 0.310. The number of benzene rings is 1. The average Bonchev–Trinajstić information content (AvgIpc) is 2.78. The maximum atomic E-state index is 8.80. The second-order valence-electron chi connectivity index (χ2n) is 4.69. The Hall–Kier alpha value is -1.33. The molecule has 1 aromatic rings. The van der Waals surface area contributed by atoms with Crippen LogP contribution in [0.3, 0.4) is 0 Å². The van der Waals surface area contributed by atoms with Gasteiger partial charge in [0.2, 0.25) is 0 Å². The summed E-state index contributed by atoms with van der Waals surface area (Å²) < 4.78 is 0. The molecule has 2 atom stereocenters. The molecule has 0 aliphatic carbocycles. The lowest BCUT2D eigenvalue weighted by Crippen LogP contribution is -2.25. The number of rotatable bonds is 3. The van der Waals surface area contributed by atoms with Gasteiger partial charge in [-0.2, -0.15) is 5.26 Å². The first-order valence-corrected chi connectivity index (χ1v) is 5.96. The molecular weight excluding hydrogens is 196 g/mol. The topological polar surface area (TPSA) is 27.0 Å². The van der Waals surface area contributed by atoms with Crippen LogP contribution in [0.25, 0.3) is 0 Å². The van der Waals surface area contributed by atoms with Crippen molar-refractivity contribution in [1.82, 2.24) is 4.90 Å². The van der Waals surface area contributed by atoms with Crippen molar-refractivity contribution in [3.8, 4) is 6.07 Å². The first-order chi connectivity index (χ1) is 7.79. The van der Waals surface area contributed by atoms with Gasteiger partial charge in [-0.3, -0.25) is 0 Å². The van der Waals surface area contributed by atoms with E-state index in [0.717, 1.165) is 19.6 Å².